The molecule has 0 amide bonds. The minimum atomic E-state index is -0.877. The van der Waals surface area contributed by atoms with Gasteiger partial charge in [0.25, 0.3) is 0 Å². The third-order valence-corrected chi connectivity index (χ3v) is 3.27. The zero-order valence-electron chi connectivity index (χ0n) is 10.1. The van der Waals surface area contributed by atoms with Gasteiger partial charge in [-0.05, 0) is 13.3 Å². The number of aromatic nitrogens is 1. The largest absolute Gasteiger partial charge is 0.362 e. The summed E-state index contributed by atoms with van der Waals surface area (Å²) < 4.78 is 11.0. The van der Waals surface area contributed by atoms with Crippen molar-refractivity contribution in [2.75, 3.05) is 17.3 Å². The summed E-state index contributed by atoms with van der Waals surface area (Å²) in [6.07, 6.45) is 3.61. The molecule has 1 aromatic heterocycles. The molecule has 0 aliphatic rings. The van der Waals surface area contributed by atoms with Crippen molar-refractivity contribution in [1.82, 2.24) is 4.98 Å². The minimum absolute atomic E-state index is 0.0544. The molecular formula is C10H14ClN3O3S. The Morgan fingerprint density at radius 2 is 2.33 bits per heavy atom. The van der Waals surface area contributed by atoms with Gasteiger partial charge in [-0.15, -0.1) is 0 Å². The van der Waals surface area contributed by atoms with Crippen molar-refractivity contribution in [2.24, 2.45) is 0 Å². The first kappa shape index (κ1) is 14.8. The molecule has 100 valence electrons. The predicted molar refractivity (Wildman–Crippen MR) is 72.5 cm³/mol. The fourth-order valence-electron chi connectivity index (χ4n) is 1.33. The summed E-state index contributed by atoms with van der Waals surface area (Å²) in [6.45, 7) is 1.85. The third-order valence-electron chi connectivity index (χ3n) is 2.25. The van der Waals surface area contributed by atoms with E-state index in [1.807, 2.05) is 6.92 Å². The Labute approximate surface area is 112 Å². The molecule has 1 rings (SSSR count). The van der Waals surface area contributed by atoms with Crippen molar-refractivity contribution in [3.8, 4) is 0 Å². The molecule has 18 heavy (non-hydrogen) atoms. The molecule has 6 nitrogen and oxygen atoms in total. The molecule has 2 atom stereocenters. The molecule has 0 aliphatic heterocycles. The van der Waals surface area contributed by atoms with Crippen molar-refractivity contribution in [3.63, 3.8) is 0 Å². The first-order valence-electron chi connectivity index (χ1n) is 5.26. The Morgan fingerprint density at radius 1 is 1.67 bits per heavy atom. The number of hydrogen-bond donors (Lipinski definition) is 1. The molecule has 2 unspecified atom stereocenters. The molecule has 8 heteroatoms. The van der Waals surface area contributed by atoms with Crippen LogP contribution in [0.1, 0.15) is 13.3 Å². The second kappa shape index (κ2) is 6.65. The van der Waals surface area contributed by atoms with Crippen molar-refractivity contribution in [3.05, 3.63) is 27.4 Å². The minimum Gasteiger partial charge on any atom is -0.362 e. The molecule has 0 spiro atoms. The molecule has 1 heterocycles. The zero-order chi connectivity index (χ0) is 13.7. The fraction of sp³-hybridized carbons (Fsp3) is 0.500. The lowest BCUT2D eigenvalue weighted by Gasteiger charge is -2.13. The van der Waals surface area contributed by atoms with Gasteiger partial charge >= 0.3 is 5.69 Å². The number of anilines is 1. The van der Waals surface area contributed by atoms with E-state index in [1.54, 1.807) is 6.26 Å². The number of halogens is 1. The van der Waals surface area contributed by atoms with Gasteiger partial charge in [-0.3, -0.25) is 14.3 Å². The van der Waals surface area contributed by atoms with Crippen LogP contribution in [0.2, 0.25) is 5.02 Å². The summed E-state index contributed by atoms with van der Waals surface area (Å²) >= 11 is 5.67. The summed E-state index contributed by atoms with van der Waals surface area (Å²) in [4.78, 5) is 14.2. The molecule has 0 saturated carbocycles. The van der Waals surface area contributed by atoms with Crippen LogP contribution in [0.3, 0.4) is 0 Å². The fourth-order valence-corrected chi connectivity index (χ4v) is 2.16. The molecular weight excluding hydrogens is 278 g/mol. The van der Waals surface area contributed by atoms with Gasteiger partial charge < -0.3 is 5.32 Å². The number of nitrogens with one attached hydrogen (secondary N) is 1. The molecule has 1 N–H and O–H groups in total. The number of hydrogen-bond acceptors (Lipinski definition) is 5. The monoisotopic (exact) mass is 291 g/mol. The maximum atomic E-state index is 11.0. The van der Waals surface area contributed by atoms with E-state index >= 15 is 0 Å². The molecule has 0 aromatic carbocycles. The summed E-state index contributed by atoms with van der Waals surface area (Å²) in [7, 11) is -0.877. The van der Waals surface area contributed by atoms with Gasteiger partial charge in [0.1, 0.15) is 0 Å². The van der Waals surface area contributed by atoms with E-state index < -0.39 is 15.7 Å². The number of rotatable bonds is 6. The number of nitrogens with zero attached hydrogens (tertiary/aromatic N) is 2. The predicted octanol–water partition coefficient (Wildman–Crippen LogP) is 2.21. The SMILES string of the molecule is CC(CCS(C)=O)Nc1ncc(Cl)cc1[N+](=O)[O-]. The third kappa shape index (κ3) is 4.58. The van der Waals surface area contributed by atoms with Crippen LogP contribution in [-0.4, -0.2) is 32.2 Å². The van der Waals surface area contributed by atoms with Crippen molar-refractivity contribution in [1.29, 1.82) is 0 Å². The Morgan fingerprint density at radius 3 is 2.89 bits per heavy atom. The van der Waals surface area contributed by atoms with E-state index in [0.717, 1.165) is 0 Å². The topological polar surface area (TPSA) is 85.1 Å². The zero-order valence-corrected chi connectivity index (χ0v) is 11.6. The smallest absolute Gasteiger partial charge is 0.312 e. The highest BCUT2D eigenvalue weighted by atomic mass is 35.5. The van der Waals surface area contributed by atoms with Crippen LogP contribution < -0.4 is 5.32 Å². The molecule has 0 saturated heterocycles. The van der Waals surface area contributed by atoms with Gasteiger partial charge in [-0.25, -0.2) is 4.98 Å². The van der Waals surface area contributed by atoms with E-state index in [0.29, 0.717) is 12.2 Å². The highest BCUT2D eigenvalue weighted by molar-refractivity contribution is 7.84. The maximum Gasteiger partial charge on any atom is 0.312 e. The van der Waals surface area contributed by atoms with E-state index in [2.05, 4.69) is 10.3 Å². The standard InChI is InChI=1S/C10H14ClN3O3S/c1-7(3-4-18(2)17)13-10-9(14(15)16)5-8(11)6-12-10/h5-7H,3-4H2,1-2H3,(H,12,13). The average Bonchev–Trinajstić information content (AvgIpc) is 2.28. The average molecular weight is 292 g/mol. The highest BCUT2D eigenvalue weighted by Gasteiger charge is 2.17. The van der Waals surface area contributed by atoms with Gasteiger partial charge in [0.05, 0.1) is 9.95 Å². The van der Waals surface area contributed by atoms with Crippen LogP contribution in [0.25, 0.3) is 0 Å². The number of pyridine rings is 1. The Balaban J connectivity index is 2.77. The van der Waals surface area contributed by atoms with E-state index in [4.69, 9.17) is 11.6 Å². The number of nitro groups is 1. The van der Waals surface area contributed by atoms with Gasteiger partial charge in [0, 0.05) is 41.1 Å². The van der Waals surface area contributed by atoms with Crippen LogP contribution in [0.5, 0.6) is 0 Å². The molecule has 0 radical (unpaired) electrons. The van der Waals surface area contributed by atoms with E-state index in [1.165, 1.54) is 12.3 Å². The normalized spacial score (nSPS) is 13.9. The molecule has 1 aromatic rings. The Kier molecular flexibility index (Phi) is 5.49. The second-order valence-corrected chi connectivity index (χ2v) is 5.88. The molecule has 0 aliphatic carbocycles. The lowest BCUT2D eigenvalue weighted by Crippen LogP contribution is -2.19. The lowest BCUT2D eigenvalue weighted by atomic mass is 10.2. The molecule has 0 fully saturated rings. The van der Waals surface area contributed by atoms with Gasteiger partial charge in [-0.2, -0.15) is 0 Å². The Hall–Kier alpha value is -1.21. The van der Waals surface area contributed by atoms with Crippen LogP contribution in [0.4, 0.5) is 11.5 Å². The van der Waals surface area contributed by atoms with E-state index in [-0.39, 0.29) is 22.6 Å². The van der Waals surface area contributed by atoms with Crippen LogP contribution >= 0.6 is 11.6 Å². The lowest BCUT2D eigenvalue weighted by molar-refractivity contribution is -0.384. The van der Waals surface area contributed by atoms with Crippen LogP contribution in [0.15, 0.2) is 12.3 Å². The van der Waals surface area contributed by atoms with Crippen molar-refractivity contribution >= 4 is 33.9 Å². The molecule has 0 bridgehead atoms. The van der Waals surface area contributed by atoms with Gasteiger partial charge in [-0.1, -0.05) is 11.6 Å². The summed E-state index contributed by atoms with van der Waals surface area (Å²) in [5.41, 5.74) is -0.160. The maximum absolute atomic E-state index is 11.0. The summed E-state index contributed by atoms with van der Waals surface area (Å²) in [6, 6.07) is 1.20. The Bertz CT molecular complexity index is 470. The summed E-state index contributed by atoms with van der Waals surface area (Å²) in [5, 5.41) is 14.0. The first-order chi connectivity index (χ1) is 8.40. The van der Waals surface area contributed by atoms with Crippen LogP contribution in [-0.2, 0) is 10.8 Å². The van der Waals surface area contributed by atoms with Crippen molar-refractivity contribution < 1.29 is 9.13 Å². The summed E-state index contributed by atoms with van der Waals surface area (Å²) in [5.74, 6) is 0.717. The van der Waals surface area contributed by atoms with E-state index in [9.17, 15) is 14.3 Å². The van der Waals surface area contributed by atoms with Crippen LogP contribution in [0, 0.1) is 10.1 Å². The van der Waals surface area contributed by atoms with Gasteiger partial charge in [0.2, 0.25) is 5.82 Å². The van der Waals surface area contributed by atoms with Crippen molar-refractivity contribution in [2.45, 2.75) is 19.4 Å². The highest BCUT2D eigenvalue weighted by Crippen LogP contribution is 2.25. The van der Waals surface area contributed by atoms with Gasteiger partial charge in [0.15, 0.2) is 0 Å². The first-order valence-corrected chi connectivity index (χ1v) is 7.37. The quantitative estimate of drug-likeness (QED) is 0.641. The second-order valence-electron chi connectivity index (χ2n) is 3.89.